The fourth-order valence-corrected chi connectivity index (χ4v) is 2.97. The molecule has 3 rings (SSSR count). The third-order valence-electron chi connectivity index (χ3n) is 4.26. The van der Waals surface area contributed by atoms with E-state index in [4.69, 9.17) is 10.3 Å². The smallest absolute Gasteiger partial charge is 0.254 e. The lowest BCUT2D eigenvalue weighted by atomic mass is 9.92. The van der Waals surface area contributed by atoms with Gasteiger partial charge >= 0.3 is 0 Å². The summed E-state index contributed by atoms with van der Waals surface area (Å²) in [5.41, 5.74) is 7.33. The molecule has 0 spiro atoms. The van der Waals surface area contributed by atoms with Crippen molar-refractivity contribution in [2.24, 2.45) is 11.7 Å². The Hall–Kier alpha value is -2.21. The fourth-order valence-electron chi connectivity index (χ4n) is 2.97. The second kappa shape index (κ2) is 6.27. The highest BCUT2D eigenvalue weighted by molar-refractivity contribution is 5.95. The van der Waals surface area contributed by atoms with Crippen LogP contribution in [0.4, 0.5) is 0 Å². The molecule has 1 aliphatic heterocycles. The molecule has 1 saturated heterocycles. The highest BCUT2D eigenvalue weighted by atomic mass is 16.5. The van der Waals surface area contributed by atoms with E-state index in [1.165, 1.54) is 6.39 Å². The molecule has 0 saturated carbocycles. The van der Waals surface area contributed by atoms with Crippen molar-refractivity contribution in [1.29, 1.82) is 0 Å². The summed E-state index contributed by atoms with van der Waals surface area (Å²) in [5, 5.41) is 3.79. The molecular formula is C16H20N4O2. The van der Waals surface area contributed by atoms with Crippen molar-refractivity contribution < 1.29 is 9.32 Å². The number of rotatable bonds is 3. The zero-order chi connectivity index (χ0) is 15.5. The number of carbonyl (C=O) groups excluding carboxylic acids is 1. The van der Waals surface area contributed by atoms with E-state index in [2.05, 4.69) is 17.1 Å². The molecule has 0 radical (unpaired) electrons. The second-order valence-corrected chi connectivity index (χ2v) is 5.85. The van der Waals surface area contributed by atoms with Gasteiger partial charge in [-0.3, -0.25) is 4.79 Å². The Morgan fingerprint density at radius 3 is 2.82 bits per heavy atom. The Labute approximate surface area is 129 Å². The summed E-state index contributed by atoms with van der Waals surface area (Å²) >= 11 is 0. The molecule has 0 aliphatic carbocycles. The van der Waals surface area contributed by atoms with Gasteiger partial charge in [0.25, 0.3) is 5.91 Å². The van der Waals surface area contributed by atoms with Crippen LogP contribution in [0.3, 0.4) is 0 Å². The predicted octanol–water partition coefficient (Wildman–Crippen LogP) is 1.94. The van der Waals surface area contributed by atoms with Gasteiger partial charge in [-0.2, -0.15) is 4.98 Å². The van der Waals surface area contributed by atoms with Gasteiger partial charge in [-0.05, 0) is 30.9 Å². The van der Waals surface area contributed by atoms with Crippen molar-refractivity contribution >= 4 is 5.91 Å². The lowest BCUT2D eigenvalue weighted by Gasteiger charge is -2.38. The first-order valence-corrected chi connectivity index (χ1v) is 7.57. The average Bonchev–Trinajstić information content (AvgIpc) is 3.08. The molecule has 1 aromatic carbocycles. The Bertz CT molecular complexity index is 624. The maximum atomic E-state index is 12.7. The van der Waals surface area contributed by atoms with Crippen molar-refractivity contribution in [3.63, 3.8) is 0 Å². The van der Waals surface area contributed by atoms with Crippen LogP contribution in [-0.4, -0.2) is 40.1 Å². The molecule has 1 amide bonds. The van der Waals surface area contributed by atoms with E-state index < -0.39 is 0 Å². The van der Waals surface area contributed by atoms with Crippen LogP contribution in [0.15, 0.2) is 35.2 Å². The van der Waals surface area contributed by atoms with Gasteiger partial charge < -0.3 is 15.2 Å². The predicted molar refractivity (Wildman–Crippen MR) is 82.0 cm³/mol. The first kappa shape index (κ1) is 14.7. The number of aromatic nitrogens is 2. The van der Waals surface area contributed by atoms with Crippen molar-refractivity contribution in [2.75, 3.05) is 13.1 Å². The number of piperidine rings is 1. The number of likely N-dealkylation sites (tertiary alicyclic amines) is 1. The summed E-state index contributed by atoms with van der Waals surface area (Å²) in [6.07, 6.45) is 3.29. The lowest BCUT2D eigenvalue weighted by Crippen LogP contribution is -2.49. The Morgan fingerprint density at radius 1 is 1.41 bits per heavy atom. The summed E-state index contributed by atoms with van der Waals surface area (Å²) in [6.45, 7) is 3.50. The Kier molecular flexibility index (Phi) is 4.20. The molecule has 1 fully saturated rings. The van der Waals surface area contributed by atoms with Gasteiger partial charge in [0, 0.05) is 30.3 Å². The highest BCUT2D eigenvalue weighted by Crippen LogP contribution is 2.24. The van der Waals surface area contributed by atoms with Crippen LogP contribution >= 0.6 is 0 Å². The summed E-state index contributed by atoms with van der Waals surface area (Å²) in [4.78, 5) is 18.6. The maximum absolute atomic E-state index is 12.7. The van der Waals surface area contributed by atoms with Gasteiger partial charge in [-0.1, -0.05) is 24.2 Å². The zero-order valence-corrected chi connectivity index (χ0v) is 12.6. The van der Waals surface area contributed by atoms with Crippen LogP contribution < -0.4 is 5.73 Å². The molecule has 1 aromatic heterocycles. The normalized spacial score (nSPS) is 21.8. The van der Waals surface area contributed by atoms with Gasteiger partial charge in [0.05, 0.1) is 0 Å². The quantitative estimate of drug-likeness (QED) is 0.936. The standard InChI is InChI=1S/C16H20N4O2/c1-11-6-7-20(14(8-11)9-17)16(21)13-4-2-12(3-5-13)15-18-10-22-19-15/h2-5,10-11,14H,6-9,17H2,1H3. The average molecular weight is 300 g/mol. The van der Waals surface area contributed by atoms with Gasteiger partial charge in [0.2, 0.25) is 12.2 Å². The van der Waals surface area contributed by atoms with E-state index in [9.17, 15) is 4.79 Å². The van der Waals surface area contributed by atoms with Crippen molar-refractivity contribution in [3.8, 4) is 11.4 Å². The lowest BCUT2D eigenvalue weighted by molar-refractivity contribution is 0.0573. The number of hydrogen-bond acceptors (Lipinski definition) is 5. The van der Waals surface area contributed by atoms with Gasteiger partial charge in [-0.15, -0.1) is 0 Å². The van der Waals surface area contributed by atoms with Gasteiger partial charge in [0.15, 0.2) is 0 Å². The van der Waals surface area contributed by atoms with Crippen LogP contribution in [0.5, 0.6) is 0 Å². The number of benzene rings is 1. The summed E-state index contributed by atoms with van der Waals surface area (Å²) in [5.74, 6) is 1.19. The third-order valence-corrected chi connectivity index (χ3v) is 4.26. The summed E-state index contributed by atoms with van der Waals surface area (Å²) in [6, 6.07) is 7.41. The number of carbonyl (C=O) groups is 1. The molecule has 2 N–H and O–H groups in total. The van der Waals surface area contributed by atoms with E-state index in [0.717, 1.165) is 24.9 Å². The van der Waals surface area contributed by atoms with Crippen LogP contribution in [0.25, 0.3) is 11.4 Å². The Balaban J connectivity index is 1.77. The number of hydrogen-bond donors (Lipinski definition) is 1. The van der Waals surface area contributed by atoms with Crippen molar-refractivity contribution in [3.05, 3.63) is 36.2 Å². The number of amides is 1. The van der Waals surface area contributed by atoms with Crippen LogP contribution in [0.1, 0.15) is 30.1 Å². The topological polar surface area (TPSA) is 85.2 Å². The number of nitrogens with zero attached hydrogens (tertiary/aromatic N) is 3. The highest BCUT2D eigenvalue weighted by Gasteiger charge is 2.29. The molecule has 22 heavy (non-hydrogen) atoms. The molecular weight excluding hydrogens is 280 g/mol. The van der Waals surface area contributed by atoms with E-state index in [0.29, 0.717) is 23.9 Å². The van der Waals surface area contributed by atoms with E-state index in [-0.39, 0.29) is 11.9 Å². The monoisotopic (exact) mass is 300 g/mol. The van der Waals surface area contributed by atoms with Crippen molar-refractivity contribution in [2.45, 2.75) is 25.8 Å². The first-order valence-electron chi connectivity index (χ1n) is 7.57. The zero-order valence-electron chi connectivity index (χ0n) is 12.6. The third kappa shape index (κ3) is 2.87. The second-order valence-electron chi connectivity index (χ2n) is 5.85. The van der Waals surface area contributed by atoms with Crippen LogP contribution in [-0.2, 0) is 0 Å². The van der Waals surface area contributed by atoms with Crippen LogP contribution in [0, 0.1) is 5.92 Å². The summed E-state index contributed by atoms with van der Waals surface area (Å²) < 4.78 is 4.73. The van der Waals surface area contributed by atoms with Crippen LogP contribution in [0.2, 0.25) is 0 Å². The summed E-state index contributed by atoms with van der Waals surface area (Å²) in [7, 11) is 0. The molecule has 2 unspecified atom stereocenters. The molecule has 2 atom stereocenters. The SMILES string of the molecule is CC1CCN(C(=O)c2ccc(-c3ncon3)cc2)C(CN)C1. The molecule has 2 heterocycles. The molecule has 0 bridgehead atoms. The molecule has 1 aliphatic rings. The van der Waals surface area contributed by atoms with Gasteiger partial charge in [-0.25, -0.2) is 0 Å². The fraction of sp³-hybridized carbons (Fsp3) is 0.438. The molecule has 116 valence electrons. The maximum Gasteiger partial charge on any atom is 0.254 e. The molecule has 2 aromatic rings. The molecule has 6 nitrogen and oxygen atoms in total. The van der Waals surface area contributed by atoms with E-state index in [1.807, 2.05) is 17.0 Å². The van der Waals surface area contributed by atoms with E-state index in [1.54, 1.807) is 12.1 Å². The minimum absolute atomic E-state index is 0.0435. The van der Waals surface area contributed by atoms with Gasteiger partial charge in [0.1, 0.15) is 0 Å². The minimum atomic E-state index is 0.0435. The van der Waals surface area contributed by atoms with E-state index >= 15 is 0 Å². The minimum Gasteiger partial charge on any atom is -0.342 e. The molecule has 6 heteroatoms. The number of nitrogens with two attached hydrogens (primary N) is 1. The first-order chi connectivity index (χ1) is 10.7. The Morgan fingerprint density at radius 2 is 2.18 bits per heavy atom. The largest absolute Gasteiger partial charge is 0.342 e. The van der Waals surface area contributed by atoms with Crippen molar-refractivity contribution in [1.82, 2.24) is 15.0 Å².